The molecule has 1 heterocycles. The van der Waals surface area contributed by atoms with Crippen molar-refractivity contribution < 1.29 is 19.2 Å². The first-order valence-electron chi connectivity index (χ1n) is 3.36. The first kappa shape index (κ1) is 11.1. The fourth-order valence-electron chi connectivity index (χ4n) is 0.875. The molecule has 1 aliphatic rings. The quantitative estimate of drug-likeness (QED) is 0.452. The molecular formula is C5H14NO4P. The molecule has 0 saturated carbocycles. The van der Waals surface area contributed by atoms with E-state index in [1.165, 1.54) is 25.9 Å². The lowest BCUT2D eigenvalue weighted by Crippen LogP contribution is -2.10. The van der Waals surface area contributed by atoms with Gasteiger partial charge in [-0.1, -0.05) is 0 Å². The van der Waals surface area contributed by atoms with E-state index in [0.29, 0.717) is 0 Å². The number of likely N-dealkylation sites (tertiary alicyclic amines) is 1. The highest BCUT2D eigenvalue weighted by atomic mass is 31.2. The lowest BCUT2D eigenvalue weighted by molar-refractivity contribution is 0.275. The van der Waals surface area contributed by atoms with Crippen molar-refractivity contribution in [3.63, 3.8) is 0 Å². The summed E-state index contributed by atoms with van der Waals surface area (Å²) in [5.41, 5.74) is 0. The summed E-state index contributed by atoms with van der Waals surface area (Å²) in [6.07, 6.45) is 2.83. The minimum atomic E-state index is -4.64. The lowest BCUT2D eigenvalue weighted by Gasteiger charge is -2.01. The molecule has 0 bridgehead atoms. The van der Waals surface area contributed by atoms with Crippen molar-refractivity contribution in [1.29, 1.82) is 0 Å². The molecule has 5 nitrogen and oxygen atoms in total. The molecule has 3 N–H and O–H groups in total. The second-order valence-electron chi connectivity index (χ2n) is 2.52. The van der Waals surface area contributed by atoms with E-state index in [1.807, 2.05) is 0 Å². The van der Waals surface area contributed by atoms with Crippen molar-refractivity contribution in [2.24, 2.45) is 0 Å². The van der Waals surface area contributed by atoms with Gasteiger partial charge < -0.3 is 19.6 Å². The Balaban J connectivity index is 0.000000187. The molecule has 6 heteroatoms. The van der Waals surface area contributed by atoms with Crippen molar-refractivity contribution in [3.8, 4) is 0 Å². The Morgan fingerprint density at radius 3 is 1.55 bits per heavy atom. The van der Waals surface area contributed by atoms with Crippen molar-refractivity contribution in [2.45, 2.75) is 12.8 Å². The maximum Gasteiger partial charge on any atom is 0.466 e. The van der Waals surface area contributed by atoms with Crippen molar-refractivity contribution in [1.82, 2.24) is 4.90 Å². The van der Waals surface area contributed by atoms with E-state index in [9.17, 15) is 0 Å². The van der Waals surface area contributed by atoms with E-state index < -0.39 is 7.82 Å². The zero-order valence-corrected chi connectivity index (χ0v) is 7.37. The van der Waals surface area contributed by atoms with Crippen LogP contribution < -0.4 is 0 Å². The highest BCUT2D eigenvalue weighted by molar-refractivity contribution is 7.45. The van der Waals surface area contributed by atoms with Crippen LogP contribution in [0.3, 0.4) is 0 Å². The standard InChI is InChI=1S/C5H11N.H3O4P/c1-6-4-2-3-5-6;1-5(2,3)4/h2-5H2,1H3;(H3,1,2,3,4). The Morgan fingerprint density at radius 1 is 1.18 bits per heavy atom. The summed E-state index contributed by atoms with van der Waals surface area (Å²) in [5.74, 6) is 0. The zero-order chi connectivity index (χ0) is 8.91. The van der Waals surface area contributed by atoms with Crippen LogP contribution in [-0.2, 0) is 4.57 Å². The van der Waals surface area contributed by atoms with Crippen LogP contribution in [0.25, 0.3) is 0 Å². The molecule has 1 aliphatic heterocycles. The van der Waals surface area contributed by atoms with Crippen LogP contribution in [0.1, 0.15) is 12.8 Å². The number of phosphoric acid groups is 1. The highest BCUT2D eigenvalue weighted by Gasteiger charge is 2.03. The van der Waals surface area contributed by atoms with Gasteiger partial charge in [-0.15, -0.1) is 0 Å². The van der Waals surface area contributed by atoms with Gasteiger partial charge in [-0.25, -0.2) is 4.57 Å². The summed E-state index contributed by atoms with van der Waals surface area (Å²) in [6.45, 7) is 2.64. The normalized spacial score (nSPS) is 19.3. The van der Waals surface area contributed by atoms with Crippen LogP contribution in [0, 0.1) is 0 Å². The molecular weight excluding hydrogens is 169 g/mol. The summed E-state index contributed by atoms with van der Waals surface area (Å²) in [5, 5.41) is 0. The van der Waals surface area contributed by atoms with Gasteiger partial charge in [-0.2, -0.15) is 0 Å². The summed E-state index contributed by atoms with van der Waals surface area (Å²) >= 11 is 0. The minimum Gasteiger partial charge on any atom is -0.306 e. The van der Waals surface area contributed by atoms with E-state index in [4.69, 9.17) is 19.2 Å². The summed E-state index contributed by atoms with van der Waals surface area (Å²) in [6, 6.07) is 0. The fourth-order valence-corrected chi connectivity index (χ4v) is 0.875. The zero-order valence-electron chi connectivity index (χ0n) is 6.47. The van der Waals surface area contributed by atoms with Gasteiger partial charge in [0.25, 0.3) is 0 Å². The van der Waals surface area contributed by atoms with Gasteiger partial charge in [0.05, 0.1) is 0 Å². The van der Waals surface area contributed by atoms with Crippen LogP contribution in [0.2, 0.25) is 0 Å². The molecule has 0 radical (unpaired) electrons. The Bertz CT molecular complexity index is 131. The predicted molar refractivity (Wildman–Crippen MR) is 41.0 cm³/mol. The molecule has 0 unspecified atom stereocenters. The van der Waals surface area contributed by atoms with Gasteiger partial charge >= 0.3 is 7.82 Å². The summed E-state index contributed by atoms with van der Waals surface area (Å²) in [4.78, 5) is 23.9. The minimum absolute atomic E-state index is 1.32. The van der Waals surface area contributed by atoms with Gasteiger partial charge in [-0.3, -0.25) is 0 Å². The number of rotatable bonds is 0. The van der Waals surface area contributed by atoms with Crippen LogP contribution >= 0.6 is 7.82 Å². The van der Waals surface area contributed by atoms with Crippen molar-refractivity contribution >= 4 is 7.82 Å². The molecule has 0 spiro atoms. The van der Waals surface area contributed by atoms with Crippen LogP contribution in [0.5, 0.6) is 0 Å². The number of hydrogen-bond donors (Lipinski definition) is 3. The lowest BCUT2D eigenvalue weighted by atomic mass is 10.4. The molecule has 0 atom stereocenters. The highest BCUT2D eigenvalue weighted by Crippen LogP contribution is 2.25. The Kier molecular flexibility index (Phi) is 4.88. The monoisotopic (exact) mass is 183 g/mol. The average Bonchev–Trinajstić information content (AvgIpc) is 2.12. The average molecular weight is 183 g/mol. The molecule has 0 aromatic heterocycles. The Labute approximate surface area is 65.9 Å². The van der Waals surface area contributed by atoms with Gasteiger partial charge in [0.1, 0.15) is 0 Å². The molecule has 68 valence electrons. The second kappa shape index (κ2) is 4.85. The largest absolute Gasteiger partial charge is 0.466 e. The van der Waals surface area contributed by atoms with Gasteiger partial charge in [0, 0.05) is 0 Å². The van der Waals surface area contributed by atoms with E-state index in [2.05, 4.69) is 11.9 Å². The smallest absolute Gasteiger partial charge is 0.306 e. The first-order chi connectivity index (χ1) is 4.89. The first-order valence-corrected chi connectivity index (χ1v) is 4.93. The predicted octanol–water partition coefficient (Wildman–Crippen LogP) is -0.217. The summed E-state index contributed by atoms with van der Waals surface area (Å²) < 4.78 is 8.88. The van der Waals surface area contributed by atoms with Crippen molar-refractivity contribution in [3.05, 3.63) is 0 Å². The van der Waals surface area contributed by atoms with Gasteiger partial charge in [0.15, 0.2) is 0 Å². The molecule has 1 fully saturated rings. The van der Waals surface area contributed by atoms with Gasteiger partial charge in [0.2, 0.25) is 0 Å². The van der Waals surface area contributed by atoms with E-state index >= 15 is 0 Å². The molecule has 1 saturated heterocycles. The molecule has 0 aliphatic carbocycles. The summed E-state index contributed by atoms with van der Waals surface area (Å²) in [7, 11) is -2.47. The van der Waals surface area contributed by atoms with E-state index in [1.54, 1.807) is 0 Å². The van der Waals surface area contributed by atoms with Crippen molar-refractivity contribution in [2.75, 3.05) is 20.1 Å². The molecule has 0 amide bonds. The Morgan fingerprint density at radius 2 is 1.45 bits per heavy atom. The maximum absolute atomic E-state index is 8.88. The number of hydrogen-bond acceptors (Lipinski definition) is 2. The third-order valence-electron chi connectivity index (χ3n) is 1.33. The fraction of sp³-hybridized carbons (Fsp3) is 1.00. The van der Waals surface area contributed by atoms with Gasteiger partial charge in [-0.05, 0) is 33.0 Å². The topological polar surface area (TPSA) is 81.0 Å². The molecule has 11 heavy (non-hydrogen) atoms. The van der Waals surface area contributed by atoms with Crippen LogP contribution in [-0.4, -0.2) is 39.7 Å². The second-order valence-corrected chi connectivity index (χ2v) is 3.55. The third-order valence-corrected chi connectivity index (χ3v) is 1.33. The van der Waals surface area contributed by atoms with Crippen LogP contribution in [0.4, 0.5) is 0 Å². The molecule has 0 aromatic rings. The SMILES string of the molecule is CN1CCCC1.O=P(O)(O)O. The molecule has 0 aromatic carbocycles. The van der Waals surface area contributed by atoms with Crippen LogP contribution in [0.15, 0.2) is 0 Å². The van der Waals surface area contributed by atoms with E-state index in [0.717, 1.165) is 0 Å². The molecule has 1 rings (SSSR count). The maximum atomic E-state index is 8.88. The third kappa shape index (κ3) is 13.1. The van der Waals surface area contributed by atoms with E-state index in [-0.39, 0.29) is 0 Å². The number of nitrogens with zero attached hydrogens (tertiary/aromatic N) is 1. The Hall–Kier alpha value is 0.0700.